The van der Waals surface area contributed by atoms with Crippen LogP contribution in [0, 0.1) is 12.7 Å². The number of ether oxygens (including phenoxy) is 2. The number of hydrogen-bond donors (Lipinski definition) is 0. The molecule has 0 unspecified atom stereocenters. The van der Waals surface area contributed by atoms with Crippen LogP contribution in [0.1, 0.15) is 23.9 Å². The molecule has 132 valence electrons. The van der Waals surface area contributed by atoms with Crippen LogP contribution in [0.15, 0.2) is 30.3 Å². The van der Waals surface area contributed by atoms with Crippen LogP contribution < -0.4 is 4.74 Å². The molecule has 0 N–H and O–H groups in total. The zero-order chi connectivity index (χ0) is 17.8. The van der Waals surface area contributed by atoms with Crippen LogP contribution >= 0.6 is 0 Å². The van der Waals surface area contributed by atoms with Crippen molar-refractivity contribution in [1.29, 1.82) is 0 Å². The first-order valence-corrected chi connectivity index (χ1v) is 8.11. The van der Waals surface area contributed by atoms with Gasteiger partial charge in [-0.05, 0) is 37.6 Å². The molecule has 3 rings (SSSR count). The minimum Gasteiger partial charge on any atom is -0.439 e. The van der Waals surface area contributed by atoms with E-state index in [0.717, 1.165) is 12.1 Å². The van der Waals surface area contributed by atoms with E-state index in [1.54, 1.807) is 23.1 Å². The highest BCUT2D eigenvalue weighted by atomic mass is 19.1. The fourth-order valence-corrected chi connectivity index (χ4v) is 2.83. The van der Waals surface area contributed by atoms with Crippen LogP contribution in [0.25, 0.3) is 0 Å². The smallest absolute Gasteiger partial charge is 0.248 e. The van der Waals surface area contributed by atoms with Crippen molar-refractivity contribution in [1.82, 2.24) is 14.9 Å². The van der Waals surface area contributed by atoms with Crippen molar-refractivity contribution in [3.63, 3.8) is 0 Å². The average Bonchev–Trinajstić information content (AvgIpc) is 3.07. The summed E-state index contributed by atoms with van der Waals surface area (Å²) in [6.45, 7) is 3.19. The molecule has 1 aromatic carbocycles. The van der Waals surface area contributed by atoms with Gasteiger partial charge in [-0.15, -0.1) is 0 Å². The van der Waals surface area contributed by atoms with Gasteiger partial charge in [0.2, 0.25) is 11.8 Å². The number of benzene rings is 1. The van der Waals surface area contributed by atoms with E-state index in [1.807, 2.05) is 6.92 Å². The molecule has 1 fully saturated rings. The topological polar surface area (TPSA) is 64.5 Å². The third kappa shape index (κ3) is 4.30. The average molecular weight is 345 g/mol. The fourth-order valence-electron chi connectivity index (χ4n) is 2.83. The number of carbonyl (C=O) groups excluding carboxylic acids is 1. The minimum absolute atomic E-state index is 0.0274. The lowest BCUT2D eigenvalue weighted by Gasteiger charge is -2.16. The lowest BCUT2D eigenvalue weighted by molar-refractivity contribution is -0.134. The highest BCUT2D eigenvalue weighted by Gasteiger charge is 2.29. The summed E-state index contributed by atoms with van der Waals surface area (Å²) in [6.07, 6.45) is 0.800. The molecule has 2 aromatic rings. The molecule has 1 aliphatic heterocycles. The molecule has 7 heteroatoms. The number of likely N-dealkylation sites (tertiary alicyclic amines) is 1. The van der Waals surface area contributed by atoms with Crippen LogP contribution in [0.5, 0.6) is 11.6 Å². The van der Waals surface area contributed by atoms with Crippen LogP contribution in [0.3, 0.4) is 0 Å². The van der Waals surface area contributed by atoms with E-state index in [1.165, 1.54) is 19.2 Å². The predicted molar refractivity (Wildman–Crippen MR) is 89.1 cm³/mol. The monoisotopic (exact) mass is 345 g/mol. The zero-order valence-corrected chi connectivity index (χ0v) is 14.2. The lowest BCUT2D eigenvalue weighted by Crippen LogP contribution is -2.31. The quantitative estimate of drug-likeness (QED) is 0.834. The second-order valence-corrected chi connectivity index (χ2v) is 6.02. The molecule has 0 radical (unpaired) electrons. The molecule has 0 bridgehead atoms. The molecule has 1 aliphatic rings. The summed E-state index contributed by atoms with van der Waals surface area (Å²) in [5, 5.41) is 0. The Morgan fingerprint density at radius 3 is 2.80 bits per heavy atom. The van der Waals surface area contributed by atoms with E-state index in [2.05, 4.69) is 9.97 Å². The van der Waals surface area contributed by atoms with Gasteiger partial charge in [-0.1, -0.05) is 0 Å². The summed E-state index contributed by atoms with van der Waals surface area (Å²) in [5.74, 6) is 1.30. The Labute approximate surface area is 145 Å². The Morgan fingerprint density at radius 1 is 1.32 bits per heavy atom. The number of amides is 1. The lowest BCUT2D eigenvalue weighted by atomic mass is 10.1. The number of methoxy groups -OCH3 is 1. The van der Waals surface area contributed by atoms with E-state index >= 15 is 0 Å². The number of carbonyl (C=O) groups is 1. The van der Waals surface area contributed by atoms with Gasteiger partial charge in [-0.25, -0.2) is 9.37 Å². The van der Waals surface area contributed by atoms with Crippen molar-refractivity contribution in [2.45, 2.75) is 19.3 Å². The molecule has 1 saturated heterocycles. The van der Waals surface area contributed by atoms with Gasteiger partial charge in [0.05, 0.1) is 0 Å². The second-order valence-electron chi connectivity index (χ2n) is 6.02. The summed E-state index contributed by atoms with van der Waals surface area (Å²) in [5.41, 5.74) is 0.781. The van der Waals surface area contributed by atoms with Gasteiger partial charge in [-0.3, -0.25) is 4.79 Å². The van der Waals surface area contributed by atoms with Gasteiger partial charge in [0.25, 0.3) is 0 Å². The van der Waals surface area contributed by atoms with Crippen molar-refractivity contribution in [3.8, 4) is 11.6 Å². The molecular weight excluding hydrogens is 325 g/mol. The maximum atomic E-state index is 13.0. The highest BCUT2D eigenvalue weighted by molar-refractivity contribution is 5.77. The van der Waals surface area contributed by atoms with E-state index in [0.29, 0.717) is 30.5 Å². The number of rotatable bonds is 5. The zero-order valence-electron chi connectivity index (χ0n) is 14.2. The number of nitrogens with zero attached hydrogens (tertiary/aromatic N) is 3. The summed E-state index contributed by atoms with van der Waals surface area (Å²) < 4.78 is 23.6. The maximum Gasteiger partial charge on any atom is 0.248 e. The van der Waals surface area contributed by atoms with Gasteiger partial charge in [0.15, 0.2) is 0 Å². The Kier molecular flexibility index (Phi) is 5.23. The van der Waals surface area contributed by atoms with Gasteiger partial charge in [0.1, 0.15) is 24.0 Å². The van der Waals surface area contributed by atoms with Crippen LogP contribution in [-0.4, -0.2) is 47.6 Å². The summed E-state index contributed by atoms with van der Waals surface area (Å²) in [4.78, 5) is 22.7. The van der Waals surface area contributed by atoms with Crippen LogP contribution in [-0.2, 0) is 9.53 Å². The molecule has 0 aliphatic carbocycles. The molecular formula is C18H20FN3O3. The minimum atomic E-state index is -0.321. The Bertz CT molecular complexity index is 752. The molecule has 1 atom stereocenters. The van der Waals surface area contributed by atoms with E-state index in [4.69, 9.17) is 9.47 Å². The maximum absolute atomic E-state index is 13.0. The standard InChI is InChI=1S/C18H20FN3O3/c1-12-9-16(25-15-5-3-14(19)4-6-15)21-18(20-12)13-7-8-22(10-13)17(23)11-24-2/h3-6,9,13H,7-8,10-11H2,1-2H3/t13-/m0/s1. The Balaban J connectivity index is 1.73. The molecule has 25 heavy (non-hydrogen) atoms. The largest absolute Gasteiger partial charge is 0.439 e. The molecule has 0 spiro atoms. The third-order valence-electron chi connectivity index (χ3n) is 4.06. The Morgan fingerprint density at radius 2 is 2.08 bits per heavy atom. The first-order chi connectivity index (χ1) is 12.0. The highest BCUT2D eigenvalue weighted by Crippen LogP contribution is 2.28. The molecule has 1 amide bonds. The normalized spacial score (nSPS) is 16.9. The second kappa shape index (κ2) is 7.57. The molecule has 2 heterocycles. The van der Waals surface area contributed by atoms with Gasteiger partial charge < -0.3 is 14.4 Å². The van der Waals surface area contributed by atoms with Gasteiger partial charge in [-0.2, -0.15) is 4.98 Å². The molecule has 1 aromatic heterocycles. The van der Waals surface area contributed by atoms with Gasteiger partial charge >= 0.3 is 0 Å². The van der Waals surface area contributed by atoms with Crippen molar-refractivity contribution >= 4 is 5.91 Å². The number of aromatic nitrogens is 2. The molecule has 0 saturated carbocycles. The van der Waals surface area contributed by atoms with Crippen LogP contribution in [0.2, 0.25) is 0 Å². The number of halogens is 1. The number of hydrogen-bond acceptors (Lipinski definition) is 5. The van der Waals surface area contributed by atoms with E-state index in [-0.39, 0.29) is 24.2 Å². The first kappa shape index (κ1) is 17.3. The summed E-state index contributed by atoms with van der Waals surface area (Å²) in [7, 11) is 1.51. The van der Waals surface area contributed by atoms with Crippen molar-refractivity contribution in [2.24, 2.45) is 0 Å². The van der Waals surface area contributed by atoms with E-state index in [9.17, 15) is 9.18 Å². The predicted octanol–water partition coefficient (Wildman–Crippen LogP) is 2.68. The molecule has 6 nitrogen and oxygen atoms in total. The van der Waals surface area contributed by atoms with Gasteiger partial charge in [0, 0.05) is 37.9 Å². The Hall–Kier alpha value is -2.54. The summed E-state index contributed by atoms with van der Waals surface area (Å²) >= 11 is 0. The third-order valence-corrected chi connectivity index (χ3v) is 4.06. The number of aryl methyl sites for hydroxylation is 1. The van der Waals surface area contributed by atoms with Crippen molar-refractivity contribution in [2.75, 3.05) is 26.8 Å². The van der Waals surface area contributed by atoms with Crippen LogP contribution in [0.4, 0.5) is 4.39 Å². The van der Waals surface area contributed by atoms with Crippen molar-refractivity contribution in [3.05, 3.63) is 47.7 Å². The van der Waals surface area contributed by atoms with Crippen molar-refractivity contribution < 1.29 is 18.7 Å². The summed E-state index contributed by atoms with van der Waals surface area (Å²) in [6, 6.07) is 7.50. The fraction of sp³-hybridized carbons (Fsp3) is 0.389. The van der Waals surface area contributed by atoms with E-state index < -0.39 is 0 Å². The first-order valence-electron chi connectivity index (χ1n) is 8.11. The SMILES string of the molecule is COCC(=O)N1CC[C@H](c2nc(C)cc(Oc3ccc(F)cc3)n2)C1.